The van der Waals surface area contributed by atoms with Gasteiger partial charge in [0.15, 0.2) is 0 Å². The summed E-state index contributed by atoms with van der Waals surface area (Å²) in [6.07, 6.45) is 3.56. The molecule has 3 aromatic rings. The van der Waals surface area contributed by atoms with Gasteiger partial charge in [-0.05, 0) is 79.6 Å². The Balaban J connectivity index is 1.07. The third-order valence-corrected chi connectivity index (χ3v) is 10.3. The maximum Gasteiger partial charge on any atom is 0.247 e. The fourth-order valence-electron chi connectivity index (χ4n) is 5.89. The number of amides is 4. The molecule has 0 bridgehead atoms. The molecule has 3 aliphatic rings. The van der Waals surface area contributed by atoms with E-state index in [2.05, 4.69) is 15.4 Å². The van der Waals surface area contributed by atoms with Crippen LogP contribution in [0.15, 0.2) is 65.6 Å². The Labute approximate surface area is 266 Å². The van der Waals surface area contributed by atoms with Crippen LogP contribution in [0.1, 0.15) is 38.5 Å². The summed E-state index contributed by atoms with van der Waals surface area (Å²) < 4.78 is 28.8. The Morgan fingerprint density at radius 1 is 0.844 bits per heavy atom. The second-order valence-electron chi connectivity index (χ2n) is 11.8. The fourth-order valence-corrected chi connectivity index (χ4v) is 7.43. The smallest absolute Gasteiger partial charge is 0.247 e. The maximum atomic E-state index is 13.4. The van der Waals surface area contributed by atoms with E-state index in [1.54, 1.807) is 0 Å². The molecule has 2 atom stereocenters. The number of fused-ring (bicyclic) bond motifs is 1. The Morgan fingerprint density at radius 2 is 1.60 bits per heavy atom. The monoisotopic (exact) mass is 651 g/mol. The number of piperidine rings is 1. The van der Waals surface area contributed by atoms with Crippen molar-refractivity contribution in [3.63, 3.8) is 0 Å². The van der Waals surface area contributed by atoms with Crippen molar-refractivity contribution in [2.45, 2.75) is 55.5 Å². The van der Waals surface area contributed by atoms with E-state index in [0.29, 0.717) is 43.7 Å². The first-order valence-electron chi connectivity index (χ1n) is 15.1. The van der Waals surface area contributed by atoms with Crippen molar-refractivity contribution >= 4 is 67.4 Å². The number of carbonyl (C=O) groups is 4. The van der Waals surface area contributed by atoms with Crippen LogP contribution in [0.2, 0.25) is 5.02 Å². The highest BCUT2D eigenvalue weighted by atomic mass is 35.5. The van der Waals surface area contributed by atoms with E-state index in [0.717, 1.165) is 23.6 Å². The van der Waals surface area contributed by atoms with Crippen molar-refractivity contribution in [3.05, 3.63) is 65.7 Å². The predicted octanol–water partition coefficient (Wildman–Crippen LogP) is 3.74. The SMILES string of the molecule is O=C(Nc1ccc(S(=O)(=O)NC2CCCN(CC(=O)N3CCCC3C(=O)Nc3ccc4ccccc4c3)C2=O)cc1Cl)C1CC1. The molecule has 236 valence electrons. The third kappa shape index (κ3) is 6.98. The van der Waals surface area contributed by atoms with Crippen molar-refractivity contribution in [2.24, 2.45) is 5.92 Å². The molecular formula is C32H34ClN5O6S. The number of sulfonamides is 1. The van der Waals surface area contributed by atoms with Gasteiger partial charge in [0.1, 0.15) is 12.1 Å². The van der Waals surface area contributed by atoms with E-state index in [-0.39, 0.29) is 46.5 Å². The van der Waals surface area contributed by atoms with Gasteiger partial charge in [-0.15, -0.1) is 0 Å². The van der Waals surface area contributed by atoms with Crippen LogP contribution in [0.5, 0.6) is 0 Å². The Morgan fingerprint density at radius 3 is 2.36 bits per heavy atom. The molecule has 45 heavy (non-hydrogen) atoms. The molecule has 1 aliphatic carbocycles. The number of hydrogen-bond donors (Lipinski definition) is 3. The lowest BCUT2D eigenvalue weighted by Gasteiger charge is -2.34. The molecule has 0 radical (unpaired) electrons. The normalized spacial score (nSPS) is 20.3. The van der Waals surface area contributed by atoms with E-state index in [4.69, 9.17) is 11.6 Å². The van der Waals surface area contributed by atoms with Gasteiger partial charge >= 0.3 is 0 Å². The van der Waals surface area contributed by atoms with Gasteiger partial charge in [0.25, 0.3) is 0 Å². The third-order valence-electron chi connectivity index (χ3n) is 8.50. The summed E-state index contributed by atoms with van der Waals surface area (Å²) in [6, 6.07) is 15.7. The van der Waals surface area contributed by atoms with Crippen LogP contribution in [0.3, 0.4) is 0 Å². The summed E-state index contributed by atoms with van der Waals surface area (Å²) >= 11 is 6.27. The van der Waals surface area contributed by atoms with E-state index >= 15 is 0 Å². The zero-order chi connectivity index (χ0) is 31.7. The second-order valence-corrected chi connectivity index (χ2v) is 13.9. The largest absolute Gasteiger partial charge is 0.332 e. The molecule has 2 saturated heterocycles. The molecule has 13 heteroatoms. The summed E-state index contributed by atoms with van der Waals surface area (Å²) in [7, 11) is -4.14. The topological polar surface area (TPSA) is 145 Å². The van der Waals surface area contributed by atoms with Crippen LogP contribution < -0.4 is 15.4 Å². The van der Waals surface area contributed by atoms with Crippen molar-refractivity contribution in [1.29, 1.82) is 0 Å². The van der Waals surface area contributed by atoms with Crippen LogP contribution in [-0.2, 0) is 29.2 Å². The molecule has 2 unspecified atom stereocenters. The summed E-state index contributed by atoms with van der Waals surface area (Å²) in [6.45, 7) is 0.439. The number of hydrogen-bond acceptors (Lipinski definition) is 6. The lowest BCUT2D eigenvalue weighted by molar-refractivity contribution is -0.144. The van der Waals surface area contributed by atoms with Gasteiger partial charge < -0.3 is 20.4 Å². The molecule has 0 spiro atoms. The minimum absolute atomic E-state index is 0.0396. The number of rotatable bonds is 9. The molecule has 3 aromatic carbocycles. The zero-order valence-electron chi connectivity index (χ0n) is 24.5. The summed E-state index contributed by atoms with van der Waals surface area (Å²) in [5, 5.41) is 7.74. The molecule has 4 amide bonds. The van der Waals surface area contributed by atoms with Gasteiger partial charge in [-0.25, -0.2) is 8.42 Å². The number of likely N-dealkylation sites (tertiary alicyclic amines) is 2. The first-order chi connectivity index (χ1) is 21.6. The first-order valence-corrected chi connectivity index (χ1v) is 17.0. The summed E-state index contributed by atoms with van der Waals surface area (Å²) in [5.41, 5.74) is 0.954. The molecule has 2 heterocycles. The molecule has 3 fully saturated rings. The lowest BCUT2D eigenvalue weighted by Crippen LogP contribution is -2.55. The van der Waals surface area contributed by atoms with E-state index in [1.165, 1.54) is 28.0 Å². The summed E-state index contributed by atoms with van der Waals surface area (Å²) in [5.74, 6) is -1.35. The molecule has 11 nitrogen and oxygen atoms in total. The van der Waals surface area contributed by atoms with Gasteiger partial charge in [0.2, 0.25) is 33.7 Å². The maximum absolute atomic E-state index is 13.4. The van der Waals surface area contributed by atoms with Crippen molar-refractivity contribution in [2.75, 3.05) is 30.3 Å². The highest BCUT2D eigenvalue weighted by Gasteiger charge is 2.38. The molecule has 6 rings (SSSR count). The van der Waals surface area contributed by atoms with E-state index < -0.39 is 28.0 Å². The predicted molar refractivity (Wildman–Crippen MR) is 170 cm³/mol. The van der Waals surface area contributed by atoms with Gasteiger partial charge in [-0.1, -0.05) is 41.9 Å². The lowest BCUT2D eigenvalue weighted by atomic mass is 10.1. The average Bonchev–Trinajstić information content (AvgIpc) is 3.75. The molecule has 1 saturated carbocycles. The van der Waals surface area contributed by atoms with Crippen LogP contribution in [0, 0.1) is 5.92 Å². The van der Waals surface area contributed by atoms with Crippen LogP contribution in [0.25, 0.3) is 10.8 Å². The van der Waals surface area contributed by atoms with Crippen molar-refractivity contribution in [3.8, 4) is 0 Å². The standard InChI is InChI=1S/C32H34ClN5O6S/c33-25-18-24(13-14-26(25)35-30(40)21-9-10-21)45(43,44)36-27-7-3-15-37(32(27)42)19-29(39)38-16-4-8-28(38)31(41)34-23-12-11-20-5-1-2-6-22(20)17-23/h1-2,5-6,11-14,17-18,21,27-28,36H,3-4,7-10,15-16,19H2,(H,34,41)(H,35,40). The highest BCUT2D eigenvalue weighted by molar-refractivity contribution is 7.89. The van der Waals surface area contributed by atoms with Crippen LogP contribution >= 0.6 is 11.6 Å². The number of benzene rings is 3. The van der Waals surface area contributed by atoms with E-state index in [9.17, 15) is 27.6 Å². The Hall–Kier alpha value is -4.00. The van der Waals surface area contributed by atoms with Gasteiger partial charge in [-0.2, -0.15) is 4.72 Å². The van der Waals surface area contributed by atoms with Gasteiger partial charge in [0.05, 0.1) is 22.2 Å². The summed E-state index contributed by atoms with van der Waals surface area (Å²) in [4.78, 5) is 54.7. The first kappa shape index (κ1) is 31.0. The second kappa shape index (κ2) is 12.8. The Kier molecular flexibility index (Phi) is 8.80. The molecule has 2 aliphatic heterocycles. The number of carbonyl (C=O) groups excluding carboxylic acids is 4. The highest BCUT2D eigenvalue weighted by Crippen LogP contribution is 2.32. The molecule has 3 N–H and O–H groups in total. The number of anilines is 2. The minimum atomic E-state index is -4.14. The van der Waals surface area contributed by atoms with Gasteiger partial charge in [0, 0.05) is 24.7 Å². The number of nitrogens with one attached hydrogen (secondary N) is 3. The van der Waals surface area contributed by atoms with Crippen molar-refractivity contribution < 1.29 is 27.6 Å². The number of nitrogens with zero attached hydrogens (tertiary/aromatic N) is 2. The average molecular weight is 652 g/mol. The van der Waals surface area contributed by atoms with Crippen LogP contribution in [-0.4, -0.2) is 73.6 Å². The quantitative estimate of drug-likeness (QED) is 0.322. The van der Waals surface area contributed by atoms with Crippen molar-refractivity contribution in [1.82, 2.24) is 14.5 Å². The van der Waals surface area contributed by atoms with Crippen LogP contribution in [0.4, 0.5) is 11.4 Å². The molecular weight excluding hydrogens is 618 g/mol. The van der Waals surface area contributed by atoms with Gasteiger partial charge in [-0.3, -0.25) is 19.2 Å². The number of halogens is 1. The zero-order valence-corrected chi connectivity index (χ0v) is 26.1. The fraction of sp³-hybridized carbons (Fsp3) is 0.375. The Bertz CT molecular complexity index is 1780. The minimum Gasteiger partial charge on any atom is -0.332 e. The van der Waals surface area contributed by atoms with E-state index in [1.807, 2.05) is 42.5 Å². The molecule has 0 aromatic heterocycles.